The second-order valence-corrected chi connectivity index (χ2v) is 6.77. The minimum atomic E-state index is -0.479. The lowest BCUT2D eigenvalue weighted by Crippen LogP contribution is -2.32. The SMILES string of the molecule is Cc1ccc(NC(=O)[C@@H](NCc2ccc3c(c2)OCO3)c2ccccc2)cc1. The Morgan fingerprint density at radius 2 is 1.71 bits per heavy atom. The summed E-state index contributed by atoms with van der Waals surface area (Å²) in [6.07, 6.45) is 0. The average molecular weight is 374 g/mol. The summed E-state index contributed by atoms with van der Waals surface area (Å²) < 4.78 is 10.8. The van der Waals surface area contributed by atoms with Gasteiger partial charge in [-0.25, -0.2) is 0 Å². The highest BCUT2D eigenvalue weighted by molar-refractivity contribution is 5.95. The Hall–Kier alpha value is -3.31. The van der Waals surface area contributed by atoms with E-state index in [9.17, 15) is 4.79 Å². The molecule has 3 aromatic rings. The van der Waals surface area contributed by atoms with Crippen LogP contribution in [-0.2, 0) is 11.3 Å². The molecule has 0 spiro atoms. The number of anilines is 1. The summed E-state index contributed by atoms with van der Waals surface area (Å²) in [7, 11) is 0. The quantitative estimate of drug-likeness (QED) is 0.679. The van der Waals surface area contributed by atoms with Crippen molar-refractivity contribution in [2.45, 2.75) is 19.5 Å². The minimum Gasteiger partial charge on any atom is -0.454 e. The number of hydrogen-bond donors (Lipinski definition) is 2. The summed E-state index contributed by atoms with van der Waals surface area (Å²) in [5.41, 5.74) is 3.86. The lowest BCUT2D eigenvalue weighted by molar-refractivity contribution is -0.118. The standard InChI is InChI=1S/C23H22N2O3/c1-16-7-10-19(11-8-16)25-23(26)22(18-5-3-2-4-6-18)24-14-17-9-12-20-21(13-17)28-15-27-20/h2-13,22,24H,14-15H2,1H3,(H,25,26)/t22-/m0/s1. The van der Waals surface area contributed by atoms with Gasteiger partial charge < -0.3 is 14.8 Å². The molecule has 1 heterocycles. The summed E-state index contributed by atoms with van der Waals surface area (Å²) in [6.45, 7) is 2.79. The normalized spacial score (nSPS) is 13.2. The molecular weight excluding hydrogens is 352 g/mol. The van der Waals surface area contributed by atoms with E-state index >= 15 is 0 Å². The number of carbonyl (C=O) groups excluding carboxylic acids is 1. The van der Waals surface area contributed by atoms with E-state index in [1.54, 1.807) is 0 Å². The zero-order valence-corrected chi connectivity index (χ0v) is 15.6. The second kappa shape index (κ2) is 8.15. The maximum absolute atomic E-state index is 13.0. The third-order valence-corrected chi connectivity index (χ3v) is 4.66. The van der Waals surface area contributed by atoms with Crippen LogP contribution in [0.25, 0.3) is 0 Å². The minimum absolute atomic E-state index is 0.101. The number of amides is 1. The van der Waals surface area contributed by atoms with E-state index in [-0.39, 0.29) is 12.7 Å². The highest BCUT2D eigenvalue weighted by atomic mass is 16.7. The van der Waals surface area contributed by atoms with Gasteiger partial charge in [-0.2, -0.15) is 0 Å². The predicted molar refractivity (Wildman–Crippen MR) is 108 cm³/mol. The first-order chi connectivity index (χ1) is 13.7. The van der Waals surface area contributed by atoms with E-state index < -0.39 is 6.04 Å². The number of ether oxygens (including phenoxy) is 2. The van der Waals surface area contributed by atoms with Crippen LogP contribution in [0, 0.1) is 6.92 Å². The maximum Gasteiger partial charge on any atom is 0.246 e. The molecule has 0 saturated carbocycles. The lowest BCUT2D eigenvalue weighted by Gasteiger charge is -2.19. The third-order valence-electron chi connectivity index (χ3n) is 4.66. The van der Waals surface area contributed by atoms with Crippen molar-refractivity contribution in [3.05, 3.63) is 89.5 Å². The number of hydrogen-bond acceptors (Lipinski definition) is 4. The number of rotatable bonds is 6. The summed E-state index contributed by atoms with van der Waals surface area (Å²) >= 11 is 0. The van der Waals surface area contributed by atoms with E-state index in [1.807, 2.05) is 79.7 Å². The van der Waals surface area contributed by atoms with E-state index in [0.29, 0.717) is 6.54 Å². The van der Waals surface area contributed by atoms with E-state index in [0.717, 1.165) is 33.9 Å². The molecule has 5 nitrogen and oxygen atoms in total. The first-order valence-corrected chi connectivity index (χ1v) is 9.23. The van der Waals surface area contributed by atoms with Crippen LogP contribution in [0.1, 0.15) is 22.7 Å². The Bertz CT molecular complexity index is 955. The Balaban J connectivity index is 1.50. The van der Waals surface area contributed by atoms with Crippen molar-refractivity contribution >= 4 is 11.6 Å². The Labute approximate surface area is 164 Å². The van der Waals surface area contributed by atoms with Gasteiger partial charge in [-0.1, -0.05) is 54.1 Å². The smallest absolute Gasteiger partial charge is 0.246 e. The molecule has 0 fully saturated rings. The Kier molecular flexibility index (Phi) is 5.26. The van der Waals surface area contributed by atoms with Crippen molar-refractivity contribution in [1.29, 1.82) is 0 Å². The van der Waals surface area contributed by atoms with Crippen LogP contribution in [0.3, 0.4) is 0 Å². The van der Waals surface area contributed by atoms with Crippen LogP contribution in [0.15, 0.2) is 72.8 Å². The van der Waals surface area contributed by atoms with Gasteiger partial charge in [0.15, 0.2) is 11.5 Å². The molecule has 0 aromatic heterocycles. The Morgan fingerprint density at radius 1 is 0.964 bits per heavy atom. The van der Waals surface area contributed by atoms with Crippen molar-refractivity contribution in [2.75, 3.05) is 12.1 Å². The third kappa shape index (κ3) is 4.15. The molecule has 0 aliphatic carbocycles. The molecule has 0 radical (unpaired) electrons. The zero-order chi connectivity index (χ0) is 19.3. The molecule has 0 unspecified atom stereocenters. The number of aryl methyl sites for hydroxylation is 1. The first kappa shape index (κ1) is 18.1. The summed E-state index contributed by atoms with van der Waals surface area (Å²) in [4.78, 5) is 13.0. The van der Waals surface area contributed by atoms with Crippen molar-refractivity contribution < 1.29 is 14.3 Å². The molecule has 28 heavy (non-hydrogen) atoms. The molecule has 1 aliphatic rings. The fourth-order valence-electron chi connectivity index (χ4n) is 3.13. The van der Waals surface area contributed by atoms with Crippen LogP contribution in [0.2, 0.25) is 0 Å². The molecule has 4 rings (SSSR count). The largest absolute Gasteiger partial charge is 0.454 e. The van der Waals surface area contributed by atoms with Gasteiger partial charge in [0, 0.05) is 12.2 Å². The van der Waals surface area contributed by atoms with Gasteiger partial charge in [0.25, 0.3) is 0 Å². The summed E-state index contributed by atoms with van der Waals surface area (Å²) in [5.74, 6) is 1.39. The van der Waals surface area contributed by atoms with E-state index in [1.165, 1.54) is 0 Å². The maximum atomic E-state index is 13.0. The molecule has 0 bridgehead atoms. The van der Waals surface area contributed by atoms with Gasteiger partial charge in [0.1, 0.15) is 6.04 Å². The fourth-order valence-corrected chi connectivity index (χ4v) is 3.13. The van der Waals surface area contributed by atoms with Gasteiger partial charge in [-0.15, -0.1) is 0 Å². The molecule has 1 atom stereocenters. The van der Waals surface area contributed by atoms with Crippen LogP contribution in [0.4, 0.5) is 5.69 Å². The molecule has 142 valence electrons. The molecule has 5 heteroatoms. The fraction of sp³-hybridized carbons (Fsp3) is 0.174. The van der Waals surface area contributed by atoms with Crippen LogP contribution in [0.5, 0.6) is 11.5 Å². The van der Waals surface area contributed by atoms with Crippen LogP contribution < -0.4 is 20.1 Å². The highest BCUT2D eigenvalue weighted by Crippen LogP contribution is 2.32. The molecular formula is C23H22N2O3. The van der Waals surface area contributed by atoms with E-state index in [2.05, 4.69) is 10.6 Å². The van der Waals surface area contributed by atoms with Crippen molar-refractivity contribution in [1.82, 2.24) is 5.32 Å². The second-order valence-electron chi connectivity index (χ2n) is 6.77. The number of benzene rings is 3. The number of nitrogens with one attached hydrogen (secondary N) is 2. The van der Waals surface area contributed by atoms with Gasteiger partial charge in [0.2, 0.25) is 12.7 Å². The predicted octanol–water partition coefficient (Wildman–Crippen LogP) is 4.19. The molecule has 2 N–H and O–H groups in total. The summed E-state index contributed by atoms with van der Waals surface area (Å²) in [6, 6.07) is 22.8. The molecule has 0 saturated heterocycles. The molecule has 1 aliphatic heterocycles. The van der Waals surface area contributed by atoms with Gasteiger partial charge in [-0.05, 0) is 42.3 Å². The van der Waals surface area contributed by atoms with Crippen LogP contribution in [-0.4, -0.2) is 12.7 Å². The zero-order valence-electron chi connectivity index (χ0n) is 15.6. The van der Waals surface area contributed by atoms with Crippen molar-refractivity contribution in [3.8, 4) is 11.5 Å². The van der Waals surface area contributed by atoms with Crippen LogP contribution >= 0.6 is 0 Å². The first-order valence-electron chi connectivity index (χ1n) is 9.23. The van der Waals surface area contributed by atoms with Crippen molar-refractivity contribution in [3.63, 3.8) is 0 Å². The van der Waals surface area contributed by atoms with Crippen molar-refractivity contribution in [2.24, 2.45) is 0 Å². The number of carbonyl (C=O) groups is 1. The Morgan fingerprint density at radius 3 is 2.50 bits per heavy atom. The summed E-state index contributed by atoms with van der Waals surface area (Å²) in [5, 5.41) is 6.37. The van der Waals surface area contributed by atoms with Gasteiger partial charge >= 0.3 is 0 Å². The molecule has 3 aromatic carbocycles. The van der Waals surface area contributed by atoms with Gasteiger partial charge in [0.05, 0.1) is 0 Å². The lowest BCUT2D eigenvalue weighted by atomic mass is 10.1. The monoisotopic (exact) mass is 374 g/mol. The molecule has 1 amide bonds. The highest BCUT2D eigenvalue weighted by Gasteiger charge is 2.21. The topological polar surface area (TPSA) is 59.6 Å². The average Bonchev–Trinajstić information content (AvgIpc) is 3.19. The van der Waals surface area contributed by atoms with Gasteiger partial charge in [-0.3, -0.25) is 10.1 Å². The number of fused-ring (bicyclic) bond motifs is 1. The van der Waals surface area contributed by atoms with E-state index in [4.69, 9.17) is 9.47 Å².